The van der Waals surface area contributed by atoms with Crippen LogP contribution in [0.25, 0.3) is 0 Å². The van der Waals surface area contributed by atoms with E-state index in [0.29, 0.717) is 0 Å². The number of likely N-dealkylation sites (tertiary alicyclic amines) is 1. The molecule has 94 valence electrons. The summed E-state index contributed by atoms with van der Waals surface area (Å²) in [6, 6.07) is 1.74. The molecule has 0 aromatic carbocycles. The Morgan fingerprint density at radius 2 is 1.69 bits per heavy atom. The Morgan fingerprint density at radius 3 is 2.31 bits per heavy atom. The molecule has 2 fully saturated rings. The minimum Gasteiger partial charge on any atom is -0.314 e. The van der Waals surface area contributed by atoms with Crippen molar-refractivity contribution in [3.63, 3.8) is 0 Å². The third-order valence-electron chi connectivity index (χ3n) is 4.30. The van der Waals surface area contributed by atoms with Gasteiger partial charge in [-0.05, 0) is 51.7 Å². The van der Waals surface area contributed by atoms with E-state index >= 15 is 0 Å². The molecule has 0 unspecified atom stereocenters. The second-order valence-electron chi connectivity index (χ2n) is 5.56. The Hall–Kier alpha value is -0.0800. The minimum atomic E-state index is 0.805. The molecule has 0 bridgehead atoms. The molecule has 0 radical (unpaired) electrons. The van der Waals surface area contributed by atoms with Gasteiger partial charge in [-0.3, -0.25) is 0 Å². The van der Waals surface area contributed by atoms with Crippen LogP contribution in [0.2, 0.25) is 0 Å². The highest BCUT2D eigenvalue weighted by atomic mass is 15.2. The van der Waals surface area contributed by atoms with Crippen LogP contribution in [-0.2, 0) is 0 Å². The van der Waals surface area contributed by atoms with Crippen molar-refractivity contribution in [1.82, 2.24) is 10.2 Å². The quantitative estimate of drug-likeness (QED) is 0.790. The molecule has 2 rings (SSSR count). The molecule has 0 amide bonds. The number of nitrogens with one attached hydrogen (secondary N) is 1. The van der Waals surface area contributed by atoms with E-state index in [1.165, 1.54) is 71.0 Å². The highest BCUT2D eigenvalue weighted by Crippen LogP contribution is 2.25. The second kappa shape index (κ2) is 6.61. The summed E-state index contributed by atoms with van der Waals surface area (Å²) in [5, 5.41) is 3.67. The Balaban J connectivity index is 1.67. The fraction of sp³-hybridized carbons (Fsp3) is 1.00. The summed E-state index contributed by atoms with van der Waals surface area (Å²) in [4.78, 5) is 2.77. The number of piperidine rings is 1. The number of nitrogens with zero attached hydrogens (tertiary/aromatic N) is 1. The SMILES string of the molecule is CCCNC1CCN(C2CCCCC2)CC1. The Labute approximate surface area is 101 Å². The molecule has 1 aliphatic carbocycles. The normalized spacial score (nSPS) is 26.1. The molecular formula is C14H28N2. The smallest absolute Gasteiger partial charge is 0.00952 e. The zero-order valence-electron chi connectivity index (χ0n) is 10.9. The number of hydrogen-bond donors (Lipinski definition) is 1. The Morgan fingerprint density at radius 1 is 1.00 bits per heavy atom. The maximum atomic E-state index is 3.67. The second-order valence-corrected chi connectivity index (χ2v) is 5.56. The van der Waals surface area contributed by atoms with Crippen LogP contribution in [0.3, 0.4) is 0 Å². The van der Waals surface area contributed by atoms with Gasteiger partial charge < -0.3 is 10.2 Å². The largest absolute Gasteiger partial charge is 0.314 e. The lowest BCUT2D eigenvalue weighted by Gasteiger charge is -2.39. The van der Waals surface area contributed by atoms with E-state index in [9.17, 15) is 0 Å². The first-order valence-corrected chi connectivity index (χ1v) is 7.37. The summed E-state index contributed by atoms with van der Waals surface area (Å²) < 4.78 is 0. The highest BCUT2D eigenvalue weighted by molar-refractivity contribution is 4.83. The summed E-state index contributed by atoms with van der Waals surface area (Å²) >= 11 is 0. The number of hydrogen-bond acceptors (Lipinski definition) is 2. The van der Waals surface area contributed by atoms with E-state index in [1.807, 2.05) is 0 Å². The minimum absolute atomic E-state index is 0.805. The Bertz CT molecular complexity index is 179. The summed E-state index contributed by atoms with van der Waals surface area (Å²) in [6.45, 7) is 6.14. The van der Waals surface area contributed by atoms with Crippen molar-refractivity contribution in [2.45, 2.75) is 70.4 Å². The molecule has 2 heteroatoms. The molecule has 1 aliphatic heterocycles. The fourth-order valence-electron chi connectivity index (χ4n) is 3.26. The van der Waals surface area contributed by atoms with E-state index in [4.69, 9.17) is 0 Å². The van der Waals surface area contributed by atoms with Crippen LogP contribution in [0.5, 0.6) is 0 Å². The lowest BCUT2D eigenvalue weighted by molar-refractivity contribution is 0.116. The molecule has 1 N–H and O–H groups in total. The molecule has 1 saturated heterocycles. The van der Waals surface area contributed by atoms with Crippen molar-refractivity contribution in [3.8, 4) is 0 Å². The first kappa shape index (κ1) is 12.4. The van der Waals surface area contributed by atoms with Crippen molar-refractivity contribution < 1.29 is 0 Å². The van der Waals surface area contributed by atoms with Gasteiger partial charge in [-0.2, -0.15) is 0 Å². The van der Waals surface area contributed by atoms with Crippen molar-refractivity contribution in [1.29, 1.82) is 0 Å². The Kier molecular flexibility index (Phi) is 5.11. The first-order valence-electron chi connectivity index (χ1n) is 7.37. The predicted octanol–water partition coefficient (Wildman–Crippen LogP) is 2.78. The van der Waals surface area contributed by atoms with Crippen molar-refractivity contribution >= 4 is 0 Å². The van der Waals surface area contributed by atoms with E-state index in [0.717, 1.165) is 12.1 Å². The molecule has 0 spiro atoms. The zero-order chi connectivity index (χ0) is 11.2. The van der Waals surface area contributed by atoms with E-state index in [1.54, 1.807) is 0 Å². The van der Waals surface area contributed by atoms with Crippen LogP contribution in [0.1, 0.15) is 58.3 Å². The zero-order valence-corrected chi connectivity index (χ0v) is 10.9. The summed E-state index contributed by atoms with van der Waals surface area (Å²) in [6.07, 6.45) is 11.4. The molecule has 2 aliphatic rings. The van der Waals surface area contributed by atoms with Crippen molar-refractivity contribution in [3.05, 3.63) is 0 Å². The topological polar surface area (TPSA) is 15.3 Å². The lowest BCUT2D eigenvalue weighted by atomic mass is 9.92. The third-order valence-corrected chi connectivity index (χ3v) is 4.30. The van der Waals surface area contributed by atoms with Crippen LogP contribution >= 0.6 is 0 Å². The van der Waals surface area contributed by atoms with Crippen molar-refractivity contribution in [2.24, 2.45) is 0 Å². The molecular weight excluding hydrogens is 196 g/mol. The van der Waals surface area contributed by atoms with Gasteiger partial charge in [0, 0.05) is 12.1 Å². The third kappa shape index (κ3) is 3.46. The first-order chi connectivity index (χ1) is 7.90. The van der Waals surface area contributed by atoms with Gasteiger partial charge in [0.05, 0.1) is 0 Å². The van der Waals surface area contributed by atoms with Gasteiger partial charge in [-0.25, -0.2) is 0 Å². The average Bonchev–Trinajstić information content (AvgIpc) is 2.38. The van der Waals surface area contributed by atoms with Gasteiger partial charge in [0.1, 0.15) is 0 Å². The van der Waals surface area contributed by atoms with Crippen LogP contribution in [-0.4, -0.2) is 36.6 Å². The molecule has 16 heavy (non-hydrogen) atoms. The van der Waals surface area contributed by atoms with Gasteiger partial charge in [0.15, 0.2) is 0 Å². The van der Waals surface area contributed by atoms with Gasteiger partial charge in [-0.1, -0.05) is 26.2 Å². The van der Waals surface area contributed by atoms with Gasteiger partial charge >= 0.3 is 0 Å². The summed E-state index contributed by atoms with van der Waals surface area (Å²) in [7, 11) is 0. The van der Waals surface area contributed by atoms with Gasteiger partial charge in [-0.15, -0.1) is 0 Å². The summed E-state index contributed by atoms with van der Waals surface area (Å²) in [5.74, 6) is 0. The van der Waals surface area contributed by atoms with Crippen LogP contribution in [0, 0.1) is 0 Å². The number of rotatable bonds is 4. The molecule has 0 atom stereocenters. The average molecular weight is 224 g/mol. The maximum absolute atomic E-state index is 3.67. The standard InChI is InChI=1S/C14H28N2/c1-2-10-15-13-8-11-16(12-9-13)14-6-4-3-5-7-14/h13-15H,2-12H2,1H3. The molecule has 0 aromatic heterocycles. The molecule has 1 heterocycles. The molecule has 0 aromatic rings. The summed E-state index contributed by atoms with van der Waals surface area (Å²) in [5.41, 5.74) is 0. The van der Waals surface area contributed by atoms with Crippen LogP contribution in [0.15, 0.2) is 0 Å². The monoisotopic (exact) mass is 224 g/mol. The van der Waals surface area contributed by atoms with Gasteiger partial charge in [0.25, 0.3) is 0 Å². The lowest BCUT2D eigenvalue weighted by Crippen LogP contribution is -2.47. The van der Waals surface area contributed by atoms with Crippen LogP contribution in [0.4, 0.5) is 0 Å². The predicted molar refractivity (Wildman–Crippen MR) is 69.8 cm³/mol. The maximum Gasteiger partial charge on any atom is 0.00952 e. The van der Waals surface area contributed by atoms with Gasteiger partial charge in [0.2, 0.25) is 0 Å². The van der Waals surface area contributed by atoms with E-state index < -0.39 is 0 Å². The van der Waals surface area contributed by atoms with Crippen molar-refractivity contribution in [2.75, 3.05) is 19.6 Å². The molecule has 1 saturated carbocycles. The highest BCUT2D eigenvalue weighted by Gasteiger charge is 2.25. The molecule has 2 nitrogen and oxygen atoms in total. The van der Waals surface area contributed by atoms with Crippen LogP contribution < -0.4 is 5.32 Å². The fourth-order valence-corrected chi connectivity index (χ4v) is 3.26. The van der Waals surface area contributed by atoms with E-state index in [2.05, 4.69) is 17.1 Å². The van der Waals surface area contributed by atoms with E-state index in [-0.39, 0.29) is 0 Å².